The van der Waals surface area contributed by atoms with Crippen molar-refractivity contribution in [2.24, 2.45) is 0 Å². The molecule has 0 saturated heterocycles. The molecule has 0 aliphatic rings. The number of rotatable bonds is 6. The van der Waals surface area contributed by atoms with Gasteiger partial charge in [-0.15, -0.1) is 0 Å². The van der Waals surface area contributed by atoms with Crippen LogP contribution < -0.4 is 5.32 Å². The summed E-state index contributed by atoms with van der Waals surface area (Å²) in [7, 11) is 0. The third-order valence-electron chi connectivity index (χ3n) is 3.56. The van der Waals surface area contributed by atoms with Crippen molar-refractivity contribution in [3.8, 4) is 0 Å². The second kappa shape index (κ2) is 8.07. The Bertz CT molecular complexity index is 883. The van der Waals surface area contributed by atoms with E-state index in [0.717, 1.165) is 34.6 Å². The summed E-state index contributed by atoms with van der Waals surface area (Å²) in [6, 6.07) is 13.5. The number of carbonyl (C=O) groups excluding carboxylic acids is 1. The Hall–Kier alpha value is -2.47. The molecule has 3 aromatic rings. The fourth-order valence-electron chi connectivity index (χ4n) is 2.40. The number of halogens is 1. The summed E-state index contributed by atoms with van der Waals surface area (Å²) < 4.78 is 12.9. The Balaban J connectivity index is 1.73. The number of thioether (sulfide) groups is 1. The monoisotopic (exact) mass is 355 g/mol. The molecule has 0 atom stereocenters. The molecule has 1 aromatic heterocycles. The van der Waals surface area contributed by atoms with E-state index < -0.39 is 0 Å². The van der Waals surface area contributed by atoms with E-state index in [-0.39, 0.29) is 17.5 Å². The summed E-state index contributed by atoms with van der Waals surface area (Å²) in [5.41, 5.74) is 1.47. The molecular formula is C19H18FN3OS. The Kier molecular flexibility index (Phi) is 5.60. The van der Waals surface area contributed by atoms with E-state index in [0.29, 0.717) is 5.69 Å². The topological polar surface area (TPSA) is 54.9 Å². The van der Waals surface area contributed by atoms with Gasteiger partial charge in [-0.2, -0.15) is 0 Å². The Morgan fingerprint density at radius 2 is 1.88 bits per heavy atom. The van der Waals surface area contributed by atoms with Crippen LogP contribution in [0.2, 0.25) is 0 Å². The number of amides is 1. The summed E-state index contributed by atoms with van der Waals surface area (Å²) >= 11 is 1.38. The minimum Gasteiger partial charge on any atom is -0.325 e. The molecule has 1 N–H and O–H groups in total. The maximum Gasteiger partial charge on any atom is 0.234 e. The normalized spacial score (nSPS) is 10.8. The minimum atomic E-state index is -0.330. The van der Waals surface area contributed by atoms with Gasteiger partial charge in [0, 0.05) is 17.5 Å². The number of anilines is 1. The summed E-state index contributed by atoms with van der Waals surface area (Å²) in [6.07, 6.45) is 1.77. The molecule has 1 heterocycles. The SMILES string of the molecule is CCCc1nc(SCC(=O)Nc2ccc(F)cc2)c2ccccc2n1. The molecular weight excluding hydrogens is 337 g/mol. The van der Waals surface area contributed by atoms with Crippen molar-refractivity contribution in [3.05, 3.63) is 60.2 Å². The zero-order valence-corrected chi connectivity index (χ0v) is 14.6. The lowest BCUT2D eigenvalue weighted by Crippen LogP contribution is -2.14. The van der Waals surface area contributed by atoms with E-state index >= 15 is 0 Å². The Morgan fingerprint density at radius 1 is 1.12 bits per heavy atom. The van der Waals surface area contributed by atoms with Crippen LogP contribution in [0.25, 0.3) is 10.9 Å². The molecule has 1 amide bonds. The number of hydrogen-bond acceptors (Lipinski definition) is 4. The number of nitrogens with one attached hydrogen (secondary N) is 1. The molecule has 2 aromatic carbocycles. The second-order valence-corrected chi connectivity index (χ2v) is 6.52. The van der Waals surface area contributed by atoms with Crippen molar-refractivity contribution in [1.82, 2.24) is 9.97 Å². The van der Waals surface area contributed by atoms with Crippen LogP contribution in [-0.4, -0.2) is 21.6 Å². The lowest BCUT2D eigenvalue weighted by Gasteiger charge is -2.08. The van der Waals surface area contributed by atoms with E-state index in [9.17, 15) is 9.18 Å². The number of benzene rings is 2. The van der Waals surface area contributed by atoms with Gasteiger partial charge in [-0.25, -0.2) is 14.4 Å². The van der Waals surface area contributed by atoms with Crippen LogP contribution in [0.15, 0.2) is 53.6 Å². The van der Waals surface area contributed by atoms with Gasteiger partial charge in [0.15, 0.2) is 0 Å². The highest BCUT2D eigenvalue weighted by Crippen LogP contribution is 2.25. The van der Waals surface area contributed by atoms with E-state index in [1.165, 1.54) is 36.0 Å². The van der Waals surface area contributed by atoms with Gasteiger partial charge in [0.05, 0.1) is 11.3 Å². The van der Waals surface area contributed by atoms with Gasteiger partial charge in [-0.3, -0.25) is 4.79 Å². The summed E-state index contributed by atoms with van der Waals surface area (Å²) in [5.74, 6) is 0.534. The first-order chi connectivity index (χ1) is 12.2. The number of nitrogens with zero attached hydrogens (tertiary/aromatic N) is 2. The minimum absolute atomic E-state index is 0.156. The predicted molar refractivity (Wildman–Crippen MR) is 99.3 cm³/mol. The van der Waals surface area contributed by atoms with Crippen molar-refractivity contribution in [2.75, 3.05) is 11.1 Å². The number of carbonyl (C=O) groups is 1. The smallest absolute Gasteiger partial charge is 0.234 e. The molecule has 25 heavy (non-hydrogen) atoms. The van der Waals surface area contributed by atoms with Crippen molar-refractivity contribution < 1.29 is 9.18 Å². The fraction of sp³-hybridized carbons (Fsp3) is 0.211. The van der Waals surface area contributed by atoms with E-state index in [2.05, 4.69) is 22.2 Å². The van der Waals surface area contributed by atoms with Crippen molar-refractivity contribution in [3.63, 3.8) is 0 Å². The molecule has 0 bridgehead atoms. The zero-order chi connectivity index (χ0) is 17.6. The highest BCUT2D eigenvalue weighted by molar-refractivity contribution is 8.00. The van der Waals surface area contributed by atoms with Crippen LogP contribution >= 0.6 is 11.8 Å². The van der Waals surface area contributed by atoms with Gasteiger partial charge >= 0.3 is 0 Å². The highest BCUT2D eigenvalue weighted by atomic mass is 32.2. The van der Waals surface area contributed by atoms with Gasteiger partial charge in [0.1, 0.15) is 16.7 Å². The molecule has 0 fully saturated rings. The number of aryl methyl sites for hydroxylation is 1. The van der Waals surface area contributed by atoms with E-state index in [1.807, 2.05) is 24.3 Å². The zero-order valence-electron chi connectivity index (χ0n) is 13.8. The van der Waals surface area contributed by atoms with Gasteiger partial charge in [0.2, 0.25) is 5.91 Å². The van der Waals surface area contributed by atoms with Gasteiger partial charge in [-0.1, -0.05) is 36.9 Å². The van der Waals surface area contributed by atoms with Crippen molar-refractivity contribution in [2.45, 2.75) is 24.8 Å². The van der Waals surface area contributed by atoms with Gasteiger partial charge in [-0.05, 0) is 36.8 Å². The number of fused-ring (bicyclic) bond motifs is 1. The van der Waals surface area contributed by atoms with E-state index in [4.69, 9.17) is 0 Å². The van der Waals surface area contributed by atoms with Crippen LogP contribution in [0, 0.1) is 5.82 Å². The third kappa shape index (κ3) is 4.54. The van der Waals surface area contributed by atoms with Crippen LogP contribution in [-0.2, 0) is 11.2 Å². The maximum absolute atomic E-state index is 12.9. The molecule has 0 aliphatic heterocycles. The first-order valence-corrected chi connectivity index (χ1v) is 9.08. The quantitative estimate of drug-likeness (QED) is 0.524. The average molecular weight is 355 g/mol. The first kappa shape index (κ1) is 17.4. The van der Waals surface area contributed by atoms with Crippen LogP contribution in [0.3, 0.4) is 0 Å². The average Bonchev–Trinajstić information content (AvgIpc) is 2.62. The molecule has 0 aliphatic carbocycles. The molecule has 128 valence electrons. The highest BCUT2D eigenvalue weighted by Gasteiger charge is 2.10. The lowest BCUT2D eigenvalue weighted by molar-refractivity contribution is -0.113. The van der Waals surface area contributed by atoms with Crippen LogP contribution in [0.1, 0.15) is 19.2 Å². The van der Waals surface area contributed by atoms with Crippen molar-refractivity contribution in [1.29, 1.82) is 0 Å². The van der Waals surface area contributed by atoms with E-state index in [1.54, 1.807) is 0 Å². The molecule has 0 saturated carbocycles. The Labute approximate surface area is 149 Å². The van der Waals surface area contributed by atoms with Gasteiger partial charge < -0.3 is 5.32 Å². The molecule has 0 radical (unpaired) electrons. The van der Waals surface area contributed by atoms with Crippen LogP contribution in [0.5, 0.6) is 0 Å². The summed E-state index contributed by atoms with van der Waals surface area (Å²) in [4.78, 5) is 21.3. The summed E-state index contributed by atoms with van der Waals surface area (Å²) in [5, 5.41) is 4.51. The van der Waals surface area contributed by atoms with Crippen LogP contribution in [0.4, 0.5) is 10.1 Å². The molecule has 6 heteroatoms. The molecule has 3 rings (SSSR count). The Morgan fingerprint density at radius 3 is 2.64 bits per heavy atom. The number of hydrogen-bond donors (Lipinski definition) is 1. The summed E-state index contributed by atoms with van der Waals surface area (Å²) in [6.45, 7) is 2.08. The number of para-hydroxylation sites is 1. The standard InChI is InChI=1S/C19H18FN3OS/c1-2-5-17-22-16-7-4-3-6-15(16)19(23-17)25-12-18(24)21-14-10-8-13(20)9-11-14/h3-4,6-11H,2,5,12H2,1H3,(H,21,24). The van der Waals surface area contributed by atoms with Crippen molar-refractivity contribution >= 4 is 34.3 Å². The van der Waals surface area contributed by atoms with Gasteiger partial charge in [0.25, 0.3) is 0 Å². The number of aromatic nitrogens is 2. The first-order valence-electron chi connectivity index (χ1n) is 8.09. The largest absolute Gasteiger partial charge is 0.325 e. The lowest BCUT2D eigenvalue weighted by atomic mass is 10.2. The second-order valence-electron chi connectivity index (χ2n) is 5.56. The molecule has 0 unspecified atom stereocenters. The third-order valence-corrected chi connectivity index (χ3v) is 4.55. The predicted octanol–water partition coefficient (Wildman–Crippen LogP) is 4.45. The molecule has 4 nitrogen and oxygen atoms in total. The maximum atomic E-state index is 12.9. The molecule has 0 spiro atoms. The fourth-order valence-corrected chi connectivity index (χ4v) is 3.24.